The van der Waals surface area contributed by atoms with Gasteiger partial charge in [0.05, 0.1) is 6.61 Å². The average Bonchev–Trinajstić information content (AvgIpc) is 2.59. The molecule has 1 aromatic rings. The summed E-state index contributed by atoms with van der Waals surface area (Å²) in [6.45, 7) is 4.08. The van der Waals surface area contributed by atoms with Gasteiger partial charge in [-0.1, -0.05) is 12.1 Å². The minimum absolute atomic E-state index is 0.0216. The maximum absolute atomic E-state index is 12.2. The molecule has 0 atom stereocenters. The van der Waals surface area contributed by atoms with Crippen molar-refractivity contribution in [2.75, 3.05) is 53.2 Å². The molecule has 1 N–H and O–H groups in total. The van der Waals surface area contributed by atoms with E-state index in [1.807, 2.05) is 35.2 Å². The zero-order valence-corrected chi connectivity index (χ0v) is 13.5. The van der Waals surface area contributed by atoms with Crippen molar-refractivity contribution < 1.29 is 19.4 Å². The molecule has 0 aromatic heterocycles. The smallest absolute Gasteiger partial charge is 0.246 e. The standard InChI is InChI=1S/C17H24N2O4/c1-22-14-23-16-5-2-15(3-6-16)4-7-17(21)19-10-8-18(9-11-19)12-13-20/h2-7,20H,8-14H2,1H3/b7-4+. The Bertz CT molecular complexity index is 508. The lowest BCUT2D eigenvalue weighted by molar-refractivity contribution is -0.127. The van der Waals surface area contributed by atoms with Crippen LogP contribution in [0.2, 0.25) is 0 Å². The Balaban J connectivity index is 1.81. The molecule has 1 aromatic carbocycles. The second kappa shape index (κ2) is 9.29. The number of ether oxygens (including phenoxy) is 2. The van der Waals surface area contributed by atoms with Crippen LogP contribution in [0, 0.1) is 0 Å². The van der Waals surface area contributed by atoms with Crippen molar-refractivity contribution in [2.24, 2.45) is 0 Å². The van der Waals surface area contributed by atoms with Gasteiger partial charge in [-0.25, -0.2) is 0 Å². The minimum atomic E-state index is 0.0216. The van der Waals surface area contributed by atoms with E-state index >= 15 is 0 Å². The predicted molar refractivity (Wildman–Crippen MR) is 88.1 cm³/mol. The van der Waals surface area contributed by atoms with Crippen molar-refractivity contribution in [3.8, 4) is 5.75 Å². The number of β-amino-alcohol motifs (C(OH)–C–C–N with tert-alkyl or cyclic N) is 1. The fourth-order valence-corrected chi connectivity index (χ4v) is 2.41. The molecule has 23 heavy (non-hydrogen) atoms. The molecule has 1 amide bonds. The lowest BCUT2D eigenvalue weighted by atomic mass is 10.2. The highest BCUT2D eigenvalue weighted by atomic mass is 16.7. The Morgan fingerprint density at radius 2 is 1.91 bits per heavy atom. The molecule has 1 aliphatic heterocycles. The van der Waals surface area contributed by atoms with Crippen LogP contribution >= 0.6 is 0 Å². The summed E-state index contributed by atoms with van der Waals surface area (Å²) in [5, 5.41) is 8.92. The molecule has 0 bridgehead atoms. The summed E-state index contributed by atoms with van der Waals surface area (Å²) in [5.41, 5.74) is 0.946. The minimum Gasteiger partial charge on any atom is -0.468 e. The Morgan fingerprint density at radius 3 is 2.52 bits per heavy atom. The highest BCUT2D eigenvalue weighted by Crippen LogP contribution is 2.13. The normalized spacial score (nSPS) is 16.0. The van der Waals surface area contributed by atoms with E-state index in [0.29, 0.717) is 19.6 Å². The number of aliphatic hydroxyl groups is 1. The summed E-state index contributed by atoms with van der Waals surface area (Å²) in [4.78, 5) is 16.2. The fourth-order valence-electron chi connectivity index (χ4n) is 2.41. The van der Waals surface area contributed by atoms with E-state index in [9.17, 15) is 4.79 Å². The van der Waals surface area contributed by atoms with Crippen molar-refractivity contribution in [1.29, 1.82) is 0 Å². The summed E-state index contributed by atoms with van der Waals surface area (Å²) in [7, 11) is 1.58. The summed E-state index contributed by atoms with van der Waals surface area (Å²) in [6.07, 6.45) is 3.41. The summed E-state index contributed by atoms with van der Waals surface area (Å²) in [5.74, 6) is 0.753. The van der Waals surface area contributed by atoms with Crippen LogP contribution in [0.5, 0.6) is 5.75 Å². The van der Waals surface area contributed by atoms with E-state index in [-0.39, 0.29) is 19.3 Å². The van der Waals surface area contributed by atoms with Crippen LogP contribution in [-0.4, -0.2) is 74.0 Å². The van der Waals surface area contributed by atoms with E-state index < -0.39 is 0 Å². The lowest BCUT2D eigenvalue weighted by Crippen LogP contribution is -2.48. The molecular weight excluding hydrogens is 296 g/mol. The van der Waals surface area contributed by atoms with Crippen LogP contribution in [0.4, 0.5) is 0 Å². The summed E-state index contributed by atoms with van der Waals surface area (Å²) >= 11 is 0. The number of methoxy groups -OCH3 is 1. The number of piperazine rings is 1. The molecule has 1 fully saturated rings. The number of rotatable bonds is 7. The first kappa shape index (κ1) is 17.5. The quantitative estimate of drug-likeness (QED) is 0.595. The third kappa shape index (κ3) is 5.67. The maximum Gasteiger partial charge on any atom is 0.246 e. The van der Waals surface area contributed by atoms with Gasteiger partial charge in [-0.3, -0.25) is 9.69 Å². The summed E-state index contributed by atoms with van der Waals surface area (Å²) in [6, 6.07) is 7.48. The largest absolute Gasteiger partial charge is 0.468 e. The molecule has 6 heteroatoms. The third-order valence-electron chi connectivity index (χ3n) is 3.74. The van der Waals surface area contributed by atoms with E-state index in [4.69, 9.17) is 14.6 Å². The molecule has 0 saturated carbocycles. The van der Waals surface area contributed by atoms with E-state index in [2.05, 4.69) is 4.90 Å². The number of hydrogen-bond donors (Lipinski definition) is 1. The van der Waals surface area contributed by atoms with E-state index in [1.165, 1.54) is 0 Å². The highest BCUT2D eigenvalue weighted by Gasteiger charge is 2.18. The van der Waals surface area contributed by atoms with Crippen LogP contribution < -0.4 is 4.74 Å². The fraction of sp³-hybridized carbons (Fsp3) is 0.471. The number of benzene rings is 1. The second-order valence-electron chi connectivity index (χ2n) is 5.34. The lowest BCUT2D eigenvalue weighted by Gasteiger charge is -2.33. The van der Waals surface area contributed by atoms with Crippen molar-refractivity contribution in [3.05, 3.63) is 35.9 Å². The molecule has 0 radical (unpaired) electrons. The molecule has 0 spiro atoms. The van der Waals surface area contributed by atoms with Crippen molar-refractivity contribution in [1.82, 2.24) is 9.80 Å². The van der Waals surface area contributed by atoms with Gasteiger partial charge in [-0.15, -0.1) is 0 Å². The van der Waals surface area contributed by atoms with Crippen LogP contribution in [0.1, 0.15) is 5.56 Å². The second-order valence-corrected chi connectivity index (χ2v) is 5.34. The molecule has 1 aliphatic rings. The van der Waals surface area contributed by atoms with Crippen molar-refractivity contribution in [2.45, 2.75) is 0 Å². The zero-order valence-electron chi connectivity index (χ0n) is 13.5. The Morgan fingerprint density at radius 1 is 1.22 bits per heavy atom. The number of hydrogen-bond acceptors (Lipinski definition) is 5. The van der Waals surface area contributed by atoms with Crippen LogP contribution in [-0.2, 0) is 9.53 Å². The Kier molecular flexibility index (Phi) is 7.06. The van der Waals surface area contributed by atoms with Crippen molar-refractivity contribution >= 4 is 12.0 Å². The molecule has 126 valence electrons. The Hall–Kier alpha value is -1.89. The van der Waals surface area contributed by atoms with Gasteiger partial charge >= 0.3 is 0 Å². The molecule has 2 rings (SSSR count). The van der Waals surface area contributed by atoms with Gasteiger partial charge in [-0.05, 0) is 23.8 Å². The highest BCUT2D eigenvalue weighted by molar-refractivity contribution is 5.91. The van der Waals surface area contributed by atoms with Gasteiger partial charge in [0.25, 0.3) is 0 Å². The topological polar surface area (TPSA) is 62.2 Å². The number of carbonyl (C=O) groups is 1. The maximum atomic E-state index is 12.2. The molecule has 0 aliphatic carbocycles. The van der Waals surface area contributed by atoms with Gasteiger partial charge in [-0.2, -0.15) is 0 Å². The van der Waals surface area contributed by atoms with Crippen LogP contribution in [0.25, 0.3) is 6.08 Å². The van der Waals surface area contributed by atoms with Gasteiger partial charge in [0, 0.05) is 45.9 Å². The first-order chi connectivity index (χ1) is 11.2. The van der Waals surface area contributed by atoms with Crippen LogP contribution in [0.15, 0.2) is 30.3 Å². The number of aliphatic hydroxyl groups excluding tert-OH is 1. The zero-order chi connectivity index (χ0) is 16.5. The van der Waals surface area contributed by atoms with E-state index in [1.54, 1.807) is 13.2 Å². The molecule has 1 saturated heterocycles. The molecular formula is C17H24N2O4. The van der Waals surface area contributed by atoms with Gasteiger partial charge < -0.3 is 19.5 Å². The van der Waals surface area contributed by atoms with Gasteiger partial charge in [0.15, 0.2) is 6.79 Å². The van der Waals surface area contributed by atoms with E-state index in [0.717, 1.165) is 24.4 Å². The average molecular weight is 320 g/mol. The van der Waals surface area contributed by atoms with Crippen molar-refractivity contribution in [3.63, 3.8) is 0 Å². The SMILES string of the molecule is COCOc1ccc(/C=C/C(=O)N2CCN(CCO)CC2)cc1. The number of carbonyl (C=O) groups excluding carboxylic acids is 1. The number of nitrogens with zero attached hydrogens (tertiary/aromatic N) is 2. The monoisotopic (exact) mass is 320 g/mol. The van der Waals surface area contributed by atoms with Gasteiger partial charge in [0.2, 0.25) is 5.91 Å². The third-order valence-corrected chi connectivity index (χ3v) is 3.74. The molecule has 6 nitrogen and oxygen atoms in total. The Labute approximate surface area is 136 Å². The first-order valence-electron chi connectivity index (χ1n) is 7.75. The van der Waals surface area contributed by atoms with Gasteiger partial charge in [0.1, 0.15) is 5.75 Å². The molecule has 0 unspecified atom stereocenters. The summed E-state index contributed by atoms with van der Waals surface area (Å²) < 4.78 is 10.2. The molecule has 1 heterocycles. The van der Waals surface area contributed by atoms with Crippen LogP contribution in [0.3, 0.4) is 0 Å². The first-order valence-corrected chi connectivity index (χ1v) is 7.75. The number of amides is 1. The predicted octanol–water partition coefficient (Wildman–Crippen LogP) is 0.819.